The van der Waals surface area contributed by atoms with Crippen molar-refractivity contribution in [2.45, 2.75) is 13.5 Å². The van der Waals surface area contributed by atoms with E-state index >= 15 is 0 Å². The van der Waals surface area contributed by atoms with Crippen molar-refractivity contribution < 1.29 is 0 Å². The number of rotatable bonds is 3. The Bertz CT molecular complexity index is 628. The van der Waals surface area contributed by atoms with E-state index in [9.17, 15) is 0 Å². The van der Waals surface area contributed by atoms with Crippen LogP contribution in [0, 0.1) is 6.92 Å². The van der Waals surface area contributed by atoms with Crippen LogP contribution in [0.4, 0.5) is 5.69 Å². The first-order chi connectivity index (χ1) is 8.34. The van der Waals surface area contributed by atoms with Crippen LogP contribution in [0.15, 0.2) is 29.1 Å². The number of anilines is 1. The van der Waals surface area contributed by atoms with Crippen LogP contribution in [0.2, 0.25) is 0 Å². The molecule has 3 heterocycles. The molecule has 5 heteroatoms. The first-order valence-corrected chi connectivity index (χ1v) is 7.06. The van der Waals surface area contributed by atoms with E-state index in [0.29, 0.717) is 0 Å². The molecule has 1 N–H and O–H groups in total. The van der Waals surface area contributed by atoms with Crippen molar-refractivity contribution in [2.24, 2.45) is 0 Å². The molecule has 0 spiro atoms. The van der Waals surface area contributed by atoms with E-state index in [2.05, 4.69) is 45.3 Å². The molecule has 0 aromatic carbocycles. The lowest BCUT2D eigenvalue weighted by molar-refractivity contribution is 1.06. The minimum atomic E-state index is 0.843. The number of aromatic nitrogens is 2. The summed E-state index contributed by atoms with van der Waals surface area (Å²) in [6.45, 7) is 2.91. The van der Waals surface area contributed by atoms with E-state index in [1.54, 1.807) is 28.9 Å². The number of nitrogens with one attached hydrogen (secondary N) is 1. The molecule has 0 unspecified atom stereocenters. The van der Waals surface area contributed by atoms with E-state index in [0.717, 1.165) is 17.7 Å². The SMILES string of the molecule is Cc1csc2c(NCc3cccs3)cnnc12. The van der Waals surface area contributed by atoms with Gasteiger partial charge >= 0.3 is 0 Å². The highest BCUT2D eigenvalue weighted by atomic mass is 32.1. The van der Waals surface area contributed by atoms with Gasteiger partial charge in [-0.3, -0.25) is 0 Å². The molecule has 3 aromatic heterocycles. The van der Waals surface area contributed by atoms with Crippen LogP contribution < -0.4 is 5.32 Å². The maximum Gasteiger partial charge on any atom is 0.109 e. The zero-order valence-corrected chi connectivity index (χ0v) is 10.9. The first-order valence-electron chi connectivity index (χ1n) is 5.30. The standard InChI is InChI=1S/C12H11N3S2/c1-8-7-17-12-10(6-14-15-11(8)12)13-5-9-3-2-4-16-9/h2-4,6-7H,5H2,1H3,(H,13,15). The minimum absolute atomic E-state index is 0.843. The molecule has 0 bridgehead atoms. The maximum absolute atomic E-state index is 4.17. The Labute approximate surface area is 107 Å². The van der Waals surface area contributed by atoms with E-state index in [-0.39, 0.29) is 0 Å². The third kappa shape index (κ3) is 2.03. The fourth-order valence-electron chi connectivity index (χ4n) is 1.68. The van der Waals surface area contributed by atoms with Gasteiger partial charge in [-0.2, -0.15) is 5.10 Å². The Balaban J connectivity index is 1.90. The molecule has 0 saturated carbocycles. The summed E-state index contributed by atoms with van der Waals surface area (Å²) in [4.78, 5) is 1.32. The van der Waals surface area contributed by atoms with E-state index in [1.165, 1.54) is 15.1 Å². The average molecular weight is 261 g/mol. The number of aryl methyl sites for hydroxylation is 1. The van der Waals surface area contributed by atoms with Gasteiger partial charge in [0.2, 0.25) is 0 Å². The molecule has 3 rings (SSSR count). The molecule has 0 aliphatic rings. The van der Waals surface area contributed by atoms with Crippen molar-refractivity contribution in [3.8, 4) is 0 Å². The Morgan fingerprint density at radius 3 is 3.12 bits per heavy atom. The summed E-state index contributed by atoms with van der Waals surface area (Å²) >= 11 is 3.47. The normalized spacial score (nSPS) is 10.9. The molecule has 86 valence electrons. The molecule has 0 fully saturated rings. The third-order valence-corrected chi connectivity index (χ3v) is 4.56. The Morgan fingerprint density at radius 1 is 1.35 bits per heavy atom. The number of hydrogen-bond acceptors (Lipinski definition) is 5. The van der Waals surface area contributed by atoms with Crippen molar-refractivity contribution in [2.75, 3.05) is 5.32 Å². The molecular formula is C12H11N3S2. The summed E-state index contributed by atoms with van der Waals surface area (Å²) in [6.07, 6.45) is 1.80. The van der Waals surface area contributed by atoms with Crippen LogP contribution in [-0.4, -0.2) is 10.2 Å². The molecule has 3 aromatic rings. The van der Waals surface area contributed by atoms with Crippen LogP contribution in [-0.2, 0) is 6.54 Å². The van der Waals surface area contributed by atoms with Gasteiger partial charge in [-0.15, -0.1) is 27.8 Å². The van der Waals surface area contributed by atoms with Gasteiger partial charge in [0.15, 0.2) is 0 Å². The second-order valence-corrected chi connectivity index (χ2v) is 5.70. The van der Waals surface area contributed by atoms with Gasteiger partial charge in [0.05, 0.1) is 16.6 Å². The molecule has 0 amide bonds. The fourth-order valence-corrected chi connectivity index (χ4v) is 3.29. The van der Waals surface area contributed by atoms with Crippen LogP contribution in [0.3, 0.4) is 0 Å². The molecule has 0 atom stereocenters. The summed E-state index contributed by atoms with van der Waals surface area (Å²) in [6, 6.07) is 4.19. The Kier molecular flexibility index (Phi) is 2.78. The Hall–Kier alpha value is -1.46. The average Bonchev–Trinajstić information content (AvgIpc) is 2.97. The van der Waals surface area contributed by atoms with E-state index < -0.39 is 0 Å². The molecule has 0 aliphatic carbocycles. The largest absolute Gasteiger partial charge is 0.378 e. The van der Waals surface area contributed by atoms with Crippen molar-refractivity contribution >= 4 is 38.6 Å². The van der Waals surface area contributed by atoms with Crippen LogP contribution in [0.5, 0.6) is 0 Å². The lowest BCUT2D eigenvalue weighted by Crippen LogP contribution is -1.98. The highest BCUT2D eigenvalue weighted by molar-refractivity contribution is 7.18. The predicted molar refractivity (Wildman–Crippen MR) is 73.8 cm³/mol. The minimum Gasteiger partial charge on any atom is -0.378 e. The quantitative estimate of drug-likeness (QED) is 0.781. The highest BCUT2D eigenvalue weighted by Crippen LogP contribution is 2.29. The number of hydrogen-bond donors (Lipinski definition) is 1. The second-order valence-electron chi connectivity index (χ2n) is 3.79. The summed E-state index contributed by atoms with van der Waals surface area (Å²) in [5, 5.41) is 15.8. The number of thiophene rings is 2. The first kappa shape index (κ1) is 10.7. The van der Waals surface area contributed by atoms with Crippen LogP contribution in [0.1, 0.15) is 10.4 Å². The molecule has 0 radical (unpaired) electrons. The summed E-state index contributed by atoms with van der Waals surface area (Å²) < 4.78 is 1.19. The molecule has 0 saturated heterocycles. The van der Waals surface area contributed by atoms with E-state index in [1.807, 2.05) is 0 Å². The summed E-state index contributed by atoms with van der Waals surface area (Å²) in [5.41, 5.74) is 3.27. The van der Waals surface area contributed by atoms with Crippen LogP contribution in [0.25, 0.3) is 10.2 Å². The van der Waals surface area contributed by atoms with Crippen molar-refractivity contribution in [1.82, 2.24) is 10.2 Å². The second kappa shape index (κ2) is 4.43. The van der Waals surface area contributed by atoms with Gasteiger partial charge in [-0.1, -0.05) is 6.07 Å². The van der Waals surface area contributed by atoms with Crippen LogP contribution >= 0.6 is 22.7 Å². The zero-order valence-electron chi connectivity index (χ0n) is 9.30. The smallest absolute Gasteiger partial charge is 0.109 e. The lowest BCUT2D eigenvalue weighted by atomic mass is 10.3. The Morgan fingerprint density at radius 2 is 2.29 bits per heavy atom. The molecular weight excluding hydrogens is 250 g/mol. The highest BCUT2D eigenvalue weighted by Gasteiger charge is 2.07. The third-order valence-electron chi connectivity index (χ3n) is 2.56. The monoisotopic (exact) mass is 261 g/mol. The van der Waals surface area contributed by atoms with Gasteiger partial charge < -0.3 is 5.32 Å². The number of nitrogens with zero attached hydrogens (tertiary/aromatic N) is 2. The van der Waals surface area contributed by atoms with E-state index in [4.69, 9.17) is 0 Å². The topological polar surface area (TPSA) is 37.8 Å². The van der Waals surface area contributed by atoms with Gasteiger partial charge in [0.25, 0.3) is 0 Å². The summed E-state index contributed by atoms with van der Waals surface area (Å²) in [5.74, 6) is 0. The lowest BCUT2D eigenvalue weighted by Gasteiger charge is -2.04. The zero-order chi connectivity index (χ0) is 11.7. The fraction of sp³-hybridized carbons (Fsp3) is 0.167. The molecule has 0 aliphatic heterocycles. The van der Waals surface area contributed by atoms with Crippen molar-refractivity contribution in [3.63, 3.8) is 0 Å². The molecule has 17 heavy (non-hydrogen) atoms. The number of fused-ring (bicyclic) bond motifs is 1. The van der Waals surface area contributed by atoms with Gasteiger partial charge in [0, 0.05) is 11.4 Å². The van der Waals surface area contributed by atoms with Crippen molar-refractivity contribution in [1.29, 1.82) is 0 Å². The van der Waals surface area contributed by atoms with Gasteiger partial charge in [-0.05, 0) is 29.3 Å². The summed E-state index contributed by atoms with van der Waals surface area (Å²) in [7, 11) is 0. The van der Waals surface area contributed by atoms with Gasteiger partial charge in [-0.25, -0.2) is 0 Å². The molecule has 3 nitrogen and oxygen atoms in total. The maximum atomic E-state index is 4.17. The van der Waals surface area contributed by atoms with Crippen molar-refractivity contribution in [3.05, 3.63) is 39.5 Å². The predicted octanol–water partition coefficient (Wildman–Crippen LogP) is 3.67. The van der Waals surface area contributed by atoms with Gasteiger partial charge in [0.1, 0.15) is 5.52 Å².